The minimum atomic E-state index is 0.0243. The standard InChI is InChI=1S/C18H27NO3/c1-18(2,3)15-4-6-16(7-5-15)22-13-17(21)19-10-8-14(12-20)9-11-19/h4-7,14,20H,8-13H2,1-3H3. The van der Waals surface area contributed by atoms with Crippen molar-refractivity contribution in [3.05, 3.63) is 29.8 Å². The Morgan fingerprint density at radius 3 is 2.32 bits per heavy atom. The van der Waals surface area contributed by atoms with Crippen LogP contribution in [0.4, 0.5) is 0 Å². The molecule has 0 spiro atoms. The lowest BCUT2D eigenvalue weighted by Crippen LogP contribution is -2.41. The Morgan fingerprint density at radius 2 is 1.82 bits per heavy atom. The Bertz CT molecular complexity index is 482. The molecule has 1 heterocycles. The molecule has 0 saturated carbocycles. The van der Waals surface area contributed by atoms with Crippen molar-refractivity contribution in [2.75, 3.05) is 26.3 Å². The molecule has 1 aliphatic rings. The maximum absolute atomic E-state index is 12.1. The van der Waals surface area contributed by atoms with Crippen LogP contribution in [0.2, 0.25) is 0 Å². The number of nitrogens with zero attached hydrogens (tertiary/aromatic N) is 1. The van der Waals surface area contributed by atoms with E-state index in [1.807, 2.05) is 29.2 Å². The van der Waals surface area contributed by atoms with Gasteiger partial charge in [-0.05, 0) is 41.9 Å². The highest BCUT2D eigenvalue weighted by Crippen LogP contribution is 2.24. The molecule has 22 heavy (non-hydrogen) atoms. The summed E-state index contributed by atoms with van der Waals surface area (Å²) in [5.41, 5.74) is 1.36. The van der Waals surface area contributed by atoms with Gasteiger partial charge in [0, 0.05) is 19.7 Å². The van der Waals surface area contributed by atoms with Gasteiger partial charge in [-0.2, -0.15) is 0 Å². The van der Waals surface area contributed by atoms with Gasteiger partial charge in [0.2, 0.25) is 0 Å². The summed E-state index contributed by atoms with van der Waals surface area (Å²) in [6.07, 6.45) is 1.75. The number of aliphatic hydroxyl groups excluding tert-OH is 1. The Balaban J connectivity index is 1.81. The third-order valence-electron chi connectivity index (χ3n) is 4.31. The highest BCUT2D eigenvalue weighted by Gasteiger charge is 2.22. The predicted molar refractivity (Wildman–Crippen MR) is 87.0 cm³/mol. The number of piperidine rings is 1. The average Bonchev–Trinajstić information content (AvgIpc) is 2.52. The summed E-state index contributed by atoms with van der Waals surface area (Å²) in [4.78, 5) is 14.0. The SMILES string of the molecule is CC(C)(C)c1ccc(OCC(=O)N2CCC(CO)CC2)cc1. The van der Waals surface area contributed by atoms with Crippen molar-refractivity contribution in [1.82, 2.24) is 4.90 Å². The van der Waals surface area contributed by atoms with E-state index in [0.717, 1.165) is 31.7 Å². The van der Waals surface area contributed by atoms with Crippen LogP contribution >= 0.6 is 0 Å². The highest BCUT2D eigenvalue weighted by atomic mass is 16.5. The highest BCUT2D eigenvalue weighted by molar-refractivity contribution is 5.77. The number of carbonyl (C=O) groups is 1. The molecular formula is C18H27NO3. The summed E-state index contributed by atoms with van der Waals surface area (Å²) >= 11 is 0. The van der Waals surface area contributed by atoms with E-state index in [-0.39, 0.29) is 24.5 Å². The molecule has 0 aliphatic carbocycles. The smallest absolute Gasteiger partial charge is 0.260 e. The molecule has 4 nitrogen and oxygen atoms in total. The molecule has 1 N–H and O–H groups in total. The van der Waals surface area contributed by atoms with Gasteiger partial charge in [0.1, 0.15) is 5.75 Å². The van der Waals surface area contributed by atoms with Crippen molar-refractivity contribution in [1.29, 1.82) is 0 Å². The molecule has 1 saturated heterocycles. The van der Waals surface area contributed by atoms with Crippen LogP contribution in [0.5, 0.6) is 5.75 Å². The first kappa shape index (κ1) is 16.8. The van der Waals surface area contributed by atoms with Gasteiger partial charge in [0.25, 0.3) is 5.91 Å². The summed E-state index contributed by atoms with van der Waals surface area (Å²) in [5, 5.41) is 9.12. The zero-order valence-electron chi connectivity index (χ0n) is 13.8. The van der Waals surface area contributed by atoms with E-state index >= 15 is 0 Å². The summed E-state index contributed by atoms with van der Waals surface area (Å²) in [7, 11) is 0. The number of hydrogen-bond acceptors (Lipinski definition) is 3. The molecule has 4 heteroatoms. The van der Waals surface area contributed by atoms with Crippen molar-refractivity contribution in [3.63, 3.8) is 0 Å². The van der Waals surface area contributed by atoms with Crippen LogP contribution in [-0.4, -0.2) is 42.2 Å². The normalized spacial score (nSPS) is 16.6. The Kier molecular flexibility index (Phi) is 5.46. The average molecular weight is 305 g/mol. The molecule has 0 radical (unpaired) electrons. The molecular weight excluding hydrogens is 278 g/mol. The van der Waals surface area contributed by atoms with Crippen LogP contribution < -0.4 is 4.74 Å². The number of aliphatic hydroxyl groups is 1. The first-order valence-electron chi connectivity index (χ1n) is 8.02. The van der Waals surface area contributed by atoms with Gasteiger partial charge in [-0.15, -0.1) is 0 Å². The van der Waals surface area contributed by atoms with Gasteiger partial charge in [0.15, 0.2) is 6.61 Å². The molecule has 1 amide bonds. The third-order valence-corrected chi connectivity index (χ3v) is 4.31. The van der Waals surface area contributed by atoms with E-state index in [1.165, 1.54) is 5.56 Å². The van der Waals surface area contributed by atoms with E-state index in [1.54, 1.807) is 0 Å². The Morgan fingerprint density at radius 1 is 1.23 bits per heavy atom. The molecule has 0 aromatic heterocycles. The van der Waals surface area contributed by atoms with Crippen LogP contribution in [0.3, 0.4) is 0 Å². The fraction of sp³-hybridized carbons (Fsp3) is 0.611. The van der Waals surface area contributed by atoms with E-state index in [4.69, 9.17) is 9.84 Å². The van der Waals surface area contributed by atoms with Crippen molar-refractivity contribution in [2.24, 2.45) is 5.92 Å². The van der Waals surface area contributed by atoms with Gasteiger partial charge in [-0.25, -0.2) is 0 Å². The van der Waals surface area contributed by atoms with E-state index in [2.05, 4.69) is 20.8 Å². The lowest BCUT2D eigenvalue weighted by atomic mass is 9.87. The van der Waals surface area contributed by atoms with Crippen LogP contribution in [-0.2, 0) is 10.2 Å². The molecule has 1 aromatic rings. The van der Waals surface area contributed by atoms with Crippen molar-refractivity contribution in [3.8, 4) is 5.75 Å². The monoisotopic (exact) mass is 305 g/mol. The van der Waals surface area contributed by atoms with E-state index < -0.39 is 0 Å². The molecule has 1 aromatic carbocycles. The second-order valence-electron chi connectivity index (χ2n) is 7.07. The van der Waals surface area contributed by atoms with Gasteiger partial charge in [-0.3, -0.25) is 4.79 Å². The minimum absolute atomic E-state index is 0.0243. The second-order valence-corrected chi connectivity index (χ2v) is 7.07. The fourth-order valence-electron chi connectivity index (χ4n) is 2.65. The number of benzene rings is 1. The third kappa shape index (κ3) is 4.47. The van der Waals surface area contributed by atoms with E-state index in [0.29, 0.717) is 5.92 Å². The van der Waals surface area contributed by atoms with Crippen LogP contribution in [0.25, 0.3) is 0 Å². The van der Waals surface area contributed by atoms with Crippen molar-refractivity contribution < 1.29 is 14.6 Å². The second kappa shape index (κ2) is 7.14. The topological polar surface area (TPSA) is 49.8 Å². The quantitative estimate of drug-likeness (QED) is 0.930. The maximum Gasteiger partial charge on any atom is 0.260 e. The van der Waals surface area contributed by atoms with Crippen LogP contribution in [0.15, 0.2) is 24.3 Å². The lowest BCUT2D eigenvalue weighted by Gasteiger charge is -2.31. The minimum Gasteiger partial charge on any atom is -0.484 e. The van der Waals surface area contributed by atoms with E-state index in [9.17, 15) is 4.79 Å². The molecule has 0 atom stereocenters. The summed E-state index contributed by atoms with van der Waals surface area (Å²) in [6.45, 7) is 8.25. The molecule has 0 bridgehead atoms. The number of hydrogen-bond donors (Lipinski definition) is 1. The zero-order chi connectivity index (χ0) is 16.2. The molecule has 2 rings (SSSR count). The Hall–Kier alpha value is -1.55. The van der Waals surface area contributed by atoms with Gasteiger partial charge in [-0.1, -0.05) is 32.9 Å². The van der Waals surface area contributed by atoms with Gasteiger partial charge in [0.05, 0.1) is 0 Å². The Labute approximate surface area is 133 Å². The zero-order valence-corrected chi connectivity index (χ0v) is 13.8. The number of ether oxygens (including phenoxy) is 1. The molecule has 1 aliphatic heterocycles. The molecule has 122 valence electrons. The molecule has 0 unspecified atom stereocenters. The maximum atomic E-state index is 12.1. The first-order chi connectivity index (χ1) is 10.4. The summed E-state index contributed by atoms with van der Waals surface area (Å²) in [6, 6.07) is 7.94. The van der Waals surface area contributed by atoms with Crippen LogP contribution in [0, 0.1) is 5.92 Å². The number of amides is 1. The summed E-state index contributed by atoms with van der Waals surface area (Å²) in [5.74, 6) is 1.10. The van der Waals surface area contributed by atoms with Gasteiger partial charge < -0.3 is 14.7 Å². The number of rotatable bonds is 4. The first-order valence-corrected chi connectivity index (χ1v) is 8.02. The summed E-state index contributed by atoms with van der Waals surface area (Å²) < 4.78 is 5.60. The largest absolute Gasteiger partial charge is 0.484 e. The van der Waals surface area contributed by atoms with Gasteiger partial charge >= 0.3 is 0 Å². The van der Waals surface area contributed by atoms with Crippen LogP contribution in [0.1, 0.15) is 39.2 Å². The van der Waals surface area contributed by atoms with Crippen molar-refractivity contribution in [2.45, 2.75) is 39.0 Å². The van der Waals surface area contributed by atoms with Crippen molar-refractivity contribution >= 4 is 5.91 Å². The fourth-order valence-corrected chi connectivity index (χ4v) is 2.65. The predicted octanol–water partition coefficient (Wildman–Crippen LogP) is 2.59. The lowest BCUT2D eigenvalue weighted by molar-refractivity contribution is -0.134. The molecule has 1 fully saturated rings. The number of likely N-dealkylation sites (tertiary alicyclic amines) is 1. The number of carbonyl (C=O) groups excluding carboxylic acids is 1.